The fourth-order valence-corrected chi connectivity index (χ4v) is 2.33. The van der Waals surface area contributed by atoms with Gasteiger partial charge in [0.15, 0.2) is 0 Å². The molecule has 0 amide bonds. The van der Waals surface area contributed by atoms with Gasteiger partial charge in [-0.25, -0.2) is 0 Å². The summed E-state index contributed by atoms with van der Waals surface area (Å²) >= 11 is 0. The molecule has 0 heterocycles. The molecule has 2 heteroatoms. The van der Waals surface area contributed by atoms with Crippen molar-refractivity contribution in [1.29, 1.82) is 0 Å². The maximum atomic E-state index is 5.97. The van der Waals surface area contributed by atoms with Crippen LogP contribution in [0, 0.1) is 0 Å². The van der Waals surface area contributed by atoms with Crippen molar-refractivity contribution in [2.45, 2.75) is 45.3 Å². The predicted octanol–water partition coefficient (Wildman–Crippen LogP) is 3.07. The molecule has 16 heavy (non-hydrogen) atoms. The number of ether oxygens (including phenoxy) is 1. The van der Waals surface area contributed by atoms with Crippen LogP contribution in [0.25, 0.3) is 0 Å². The average Bonchev–Trinajstić information content (AvgIpc) is 2.73. The number of rotatable bonds is 4. The third-order valence-electron chi connectivity index (χ3n) is 3.48. The predicted molar refractivity (Wildman–Crippen MR) is 66.9 cm³/mol. The van der Waals surface area contributed by atoms with E-state index in [1.807, 2.05) is 7.05 Å². The van der Waals surface area contributed by atoms with Crippen LogP contribution >= 0.6 is 0 Å². The standard InChI is InChI=1S/C14H21NO/c1-4-10(2)16-14-7-5-6-11-12(14)8-9-13(11)15-3/h5-7,10,13,15H,4,8-9H2,1-3H3. The summed E-state index contributed by atoms with van der Waals surface area (Å²) in [4.78, 5) is 0. The molecule has 0 radical (unpaired) electrons. The SMILES string of the molecule is CCC(C)Oc1cccc2c1CCC2NC. The Bertz CT molecular complexity index is 362. The van der Waals surface area contributed by atoms with Crippen molar-refractivity contribution in [3.05, 3.63) is 29.3 Å². The lowest BCUT2D eigenvalue weighted by molar-refractivity contribution is 0.215. The molecule has 2 atom stereocenters. The van der Waals surface area contributed by atoms with Gasteiger partial charge in [0.25, 0.3) is 0 Å². The summed E-state index contributed by atoms with van der Waals surface area (Å²) in [7, 11) is 2.03. The van der Waals surface area contributed by atoms with E-state index in [-0.39, 0.29) is 0 Å². The summed E-state index contributed by atoms with van der Waals surface area (Å²) in [5.74, 6) is 1.09. The minimum absolute atomic E-state index is 0.306. The summed E-state index contributed by atoms with van der Waals surface area (Å²) in [6, 6.07) is 6.93. The highest BCUT2D eigenvalue weighted by Crippen LogP contribution is 2.37. The Morgan fingerprint density at radius 3 is 3.00 bits per heavy atom. The van der Waals surface area contributed by atoms with Crippen LogP contribution in [0.3, 0.4) is 0 Å². The second-order valence-corrected chi connectivity index (χ2v) is 4.54. The molecule has 0 aromatic heterocycles. The Balaban J connectivity index is 2.25. The number of fused-ring (bicyclic) bond motifs is 1. The van der Waals surface area contributed by atoms with E-state index in [2.05, 4.69) is 37.4 Å². The van der Waals surface area contributed by atoms with Crippen LogP contribution < -0.4 is 10.1 Å². The molecule has 2 rings (SSSR count). The van der Waals surface area contributed by atoms with E-state index in [9.17, 15) is 0 Å². The molecule has 2 unspecified atom stereocenters. The lowest BCUT2D eigenvalue weighted by Gasteiger charge is -2.16. The van der Waals surface area contributed by atoms with Gasteiger partial charge in [0.1, 0.15) is 5.75 Å². The summed E-state index contributed by atoms with van der Waals surface area (Å²) in [6.07, 6.45) is 3.68. The fourth-order valence-electron chi connectivity index (χ4n) is 2.33. The Hall–Kier alpha value is -1.02. The maximum Gasteiger partial charge on any atom is 0.123 e. The van der Waals surface area contributed by atoms with Gasteiger partial charge in [0, 0.05) is 6.04 Å². The van der Waals surface area contributed by atoms with Crippen LogP contribution in [-0.4, -0.2) is 13.2 Å². The minimum atomic E-state index is 0.306. The first-order valence-corrected chi connectivity index (χ1v) is 6.22. The molecule has 1 aliphatic rings. The van der Waals surface area contributed by atoms with E-state index >= 15 is 0 Å². The lowest BCUT2D eigenvalue weighted by atomic mass is 10.1. The molecule has 88 valence electrons. The molecule has 0 saturated heterocycles. The number of nitrogens with one attached hydrogen (secondary N) is 1. The Labute approximate surface area is 98.0 Å². The van der Waals surface area contributed by atoms with Crippen LogP contribution in [-0.2, 0) is 6.42 Å². The molecule has 0 saturated carbocycles. The largest absolute Gasteiger partial charge is 0.490 e. The molecule has 1 aliphatic carbocycles. The van der Waals surface area contributed by atoms with E-state index in [4.69, 9.17) is 4.74 Å². The first-order chi connectivity index (χ1) is 7.76. The van der Waals surface area contributed by atoms with Crippen LogP contribution in [0.1, 0.15) is 43.9 Å². The Morgan fingerprint density at radius 1 is 1.50 bits per heavy atom. The Kier molecular flexibility index (Phi) is 3.49. The van der Waals surface area contributed by atoms with Crippen molar-refractivity contribution >= 4 is 0 Å². The molecule has 1 N–H and O–H groups in total. The topological polar surface area (TPSA) is 21.3 Å². The number of benzene rings is 1. The van der Waals surface area contributed by atoms with Crippen molar-refractivity contribution in [1.82, 2.24) is 5.32 Å². The summed E-state index contributed by atoms with van der Waals surface area (Å²) in [6.45, 7) is 4.29. The smallest absolute Gasteiger partial charge is 0.123 e. The minimum Gasteiger partial charge on any atom is -0.490 e. The highest BCUT2D eigenvalue weighted by Gasteiger charge is 2.24. The van der Waals surface area contributed by atoms with Crippen molar-refractivity contribution < 1.29 is 4.74 Å². The van der Waals surface area contributed by atoms with E-state index in [0.717, 1.165) is 18.6 Å². The number of hydrogen-bond donors (Lipinski definition) is 1. The molecular formula is C14H21NO. The second-order valence-electron chi connectivity index (χ2n) is 4.54. The van der Waals surface area contributed by atoms with E-state index in [1.54, 1.807) is 0 Å². The van der Waals surface area contributed by atoms with E-state index in [1.165, 1.54) is 17.5 Å². The summed E-state index contributed by atoms with van der Waals surface area (Å²) in [5.41, 5.74) is 2.82. The molecule has 0 fully saturated rings. The van der Waals surface area contributed by atoms with Crippen LogP contribution in [0.4, 0.5) is 0 Å². The van der Waals surface area contributed by atoms with Gasteiger partial charge in [-0.15, -0.1) is 0 Å². The van der Waals surface area contributed by atoms with Gasteiger partial charge in [0.2, 0.25) is 0 Å². The Morgan fingerprint density at radius 2 is 2.31 bits per heavy atom. The van der Waals surface area contributed by atoms with Gasteiger partial charge < -0.3 is 10.1 Å². The van der Waals surface area contributed by atoms with Gasteiger partial charge >= 0.3 is 0 Å². The molecule has 1 aromatic rings. The quantitative estimate of drug-likeness (QED) is 0.840. The highest BCUT2D eigenvalue weighted by atomic mass is 16.5. The summed E-state index contributed by atoms with van der Waals surface area (Å²) in [5, 5.41) is 3.36. The molecule has 0 bridgehead atoms. The van der Waals surface area contributed by atoms with Crippen molar-refractivity contribution in [3.8, 4) is 5.75 Å². The van der Waals surface area contributed by atoms with Crippen LogP contribution in [0.15, 0.2) is 18.2 Å². The highest BCUT2D eigenvalue weighted by molar-refractivity contribution is 5.45. The van der Waals surface area contributed by atoms with E-state index < -0.39 is 0 Å². The van der Waals surface area contributed by atoms with Crippen LogP contribution in [0.5, 0.6) is 5.75 Å². The first-order valence-electron chi connectivity index (χ1n) is 6.22. The first kappa shape index (κ1) is 11.5. The normalized spacial score (nSPS) is 20.6. The third-order valence-corrected chi connectivity index (χ3v) is 3.48. The molecular weight excluding hydrogens is 198 g/mol. The zero-order valence-electron chi connectivity index (χ0n) is 10.4. The molecule has 1 aromatic carbocycles. The fraction of sp³-hybridized carbons (Fsp3) is 0.571. The lowest BCUT2D eigenvalue weighted by Crippen LogP contribution is -2.13. The monoisotopic (exact) mass is 219 g/mol. The number of hydrogen-bond acceptors (Lipinski definition) is 2. The average molecular weight is 219 g/mol. The van der Waals surface area contributed by atoms with Gasteiger partial charge in [-0.3, -0.25) is 0 Å². The van der Waals surface area contributed by atoms with Crippen LogP contribution in [0.2, 0.25) is 0 Å². The zero-order valence-corrected chi connectivity index (χ0v) is 10.4. The van der Waals surface area contributed by atoms with Crippen molar-refractivity contribution in [3.63, 3.8) is 0 Å². The zero-order chi connectivity index (χ0) is 11.5. The third kappa shape index (κ3) is 2.07. The maximum absolute atomic E-state index is 5.97. The molecule has 0 aliphatic heterocycles. The summed E-state index contributed by atoms with van der Waals surface area (Å²) < 4.78 is 5.97. The molecule has 0 spiro atoms. The van der Waals surface area contributed by atoms with E-state index in [0.29, 0.717) is 12.1 Å². The van der Waals surface area contributed by atoms with Crippen molar-refractivity contribution in [2.24, 2.45) is 0 Å². The van der Waals surface area contributed by atoms with Gasteiger partial charge in [-0.2, -0.15) is 0 Å². The van der Waals surface area contributed by atoms with Gasteiger partial charge in [-0.1, -0.05) is 19.1 Å². The van der Waals surface area contributed by atoms with Gasteiger partial charge in [-0.05, 0) is 50.4 Å². The van der Waals surface area contributed by atoms with Gasteiger partial charge in [0.05, 0.1) is 6.10 Å². The van der Waals surface area contributed by atoms with Crippen molar-refractivity contribution in [2.75, 3.05) is 7.05 Å². The molecule has 2 nitrogen and oxygen atoms in total. The second kappa shape index (κ2) is 4.88.